The van der Waals surface area contributed by atoms with Gasteiger partial charge in [0, 0.05) is 12.3 Å². The number of hydrogen-bond donors (Lipinski definition) is 1. The first kappa shape index (κ1) is 7.24. The molecule has 1 heterocycles. The molecule has 0 aromatic carbocycles. The lowest BCUT2D eigenvalue weighted by Crippen LogP contribution is -2.44. The Hall–Kier alpha value is -0.0800. The predicted octanol–water partition coefficient (Wildman–Crippen LogP) is 1.39. The van der Waals surface area contributed by atoms with Crippen LogP contribution in [0.4, 0.5) is 0 Å². The molecule has 1 N–H and O–H groups in total. The smallest absolute Gasteiger partial charge is 0.169 e. The van der Waals surface area contributed by atoms with Gasteiger partial charge in [-0.1, -0.05) is 0 Å². The third kappa shape index (κ3) is 0.508. The number of aliphatic hydroxyl groups is 1. The molecule has 0 radical (unpaired) electrons. The fourth-order valence-corrected chi connectivity index (χ4v) is 6.13. The summed E-state index contributed by atoms with van der Waals surface area (Å²) in [6.45, 7) is 0. The Balaban J connectivity index is 1.82. The number of rotatable bonds is 0. The largest absolute Gasteiger partial charge is 0.365 e. The van der Waals surface area contributed by atoms with Crippen LogP contribution in [-0.2, 0) is 4.74 Å². The van der Waals surface area contributed by atoms with Gasteiger partial charge in [-0.15, -0.1) is 0 Å². The normalized spacial score (nSPS) is 76.5. The first-order valence-electron chi connectivity index (χ1n) is 6.18. The summed E-state index contributed by atoms with van der Waals surface area (Å²) in [5, 5.41) is 10.5. The van der Waals surface area contributed by atoms with Gasteiger partial charge in [-0.05, 0) is 48.9 Å². The Labute approximate surface area is 83.6 Å². The van der Waals surface area contributed by atoms with Crippen LogP contribution in [0, 0.1) is 35.5 Å². The highest BCUT2D eigenvalue weighted by atomic mass is 16.6. The van der Waals surface area contributed by atoms with E-state index in [1.807, 2.05) is 0 Å². The Bertz CT molecular complexity index is 328. The number of ether oxygens (including phenoxy) is 1. The minimum Gasteiger partial charge on any atom is -0.365 e. The second-order valence-electron chi connectivity index (χ2n) is 6.28. The Kier molecular flexibility index (Phi) is 0.931. The summed E-state index contributed by atoms with van der Waals surface area (Å²) in [6, 6.07) is 0. The zero-order valence-corrected chi connectivity index (χ0v) is 8.23. The molecule has 6 rings (SSSR count). The van der Waals surface area contributed by atoms with Crippen molar-refractivity contribution in [2.45, 2.75) is 37.6 Å². The molecule has 8 atom stereocenters. The number of hydrogen-bond acceptors (Lipinski definition) is 2. The van der Waals surface area contributed by atoms with Crippen molar-refractivity contribution >= 4 is 0 Å². The summed E-state index contributed by atoms with van der Waals surface area (Å²) in [5.41, 5.74) is 0. The molecule has 1 saturated heterocycles. The molecule has 0 aromatic rings. The van der Waals surface area contributed by atoms with Crippen LogP contribution in [0.5, 0.6) is 0 Å². The molecule has 76 valence electrons. The standard InChI is InChI=1S/C12H16O2/c13-12-4-8-6-2-1-5-7(8)3-9(14-12)10(5)11(6)12/h5-11,13H,1-4H2. The average Bonchev–Trinajstić information content (AvgIpc) is 2.62. The zero-order valence-electron chi connectivity index (χ0n) is 8.23. The minimum absolute atomic E-state index is 0.440. The van der Waals surface area contributed by atoms with Crippen molar-refractivity contribution in [3.8, 4) is 0 Å². The van der Waals surface area contributed by atoms with E-state index in [2.05, 4.69) is 0 Å². The van der Waals surface area contributed by atoms with Gasteiger partial charge in [0.2, 0.25) is 0 Å². The highest BCUT2D eigenvalue weighted by molar-refractivity contribution is 5.20. The van der Waals surface area contributed by atoms with Crippen LogP contribution in [0.1, 0.15) is 25.7 Å². The van der Waals surface area contributed by atoms with E-state index in [0.717, 1.165) is 36.0 Å². The van der Waals surface area contributed by atoms with Crippen LogP contribution in [0.3, 0.4) is 0 Å². The molecule has 5 aliphatic carbocycles. The van der Waals surface area contributed by atoms with E-state index in [9.17, 15) is 5.11 Å². The van der Waals surface area contributed by atoms with E-state index in [1.165, 1.54) is 19.3 Å². The summed E-state index contributed by atoms with van der Waals surface area (Å²) in [4.78, 5) is 0. The van der Waals surface area contributed by atoms with Gasteiger partial charge < -0.3 is 9.84 Å². The van der Waals surface area contributed by atoms with Gasteiger partial charge in [0.1, 0.15) is 0 Å². The quantitative estimate of drug-likeness (QED) is 0.628. The lowest BCUT2D eigenvalue weighted by atomic mass is 9.57. The summed E-state index contributed by atoms with van der Waals surface area (Å²) < 4.78 is 5.95. The molecule has 2 nitrogen and oxygen atoms in total. The lowest BCUT2D eigenvalue weighted by Gasteiger charge is -2.46. The SMILES string of the molecule is OC12CC3C4CC(O1)C1C4CCC3C12. The molecule has 6 fully saturated rings. The topological polar surface area (TPSA) is 29.5 Å². The fraction of sp³-hybridized carbons (Fsp3) is 1.00. The molecule has 1 aliphatic heterocycles. The summed E-state index contributed by atoms with van der Waals surface area (Å²) in [7, 11) is 0. The van der Waals surface area contributed by atoms with Crippen molar-refractivity contribution in [2.75, 3.05) is 0 Å². The molecule has 5 saturated carbocycles. The highest BCUT2D eigenvalue weighted by Crippen LogP contribution is 2.74. The van der Waals surface area contributed by atoms with E-state index in [4.69, 9.17) is 4.74 Å². The number of fused-ring (bicyclic) bond motifs is 1. The Morgan fingerprint density at radius 3 is 2.86 bits per heavy atom. The van der Waals surface area contributed by atoms with Crippen molar-refractivity contribution in [1.29, 1.82) is 0 Å². The van der Waals surface area contributed by atoms with Crippen molar-refractivity contribution in [3.05, 3.63) is 0 Å². The third-order valence-corrected chi connectivity index (χ3v) is 6.19. The second kappa shape index (κ2) is 1.80. The van der Waals surface area contributed by atoms with Gasteiger partial charge in [0.25, 0.3) is 0 Å². The van der Waals surface area contributed by atoms with Crippen molar-refractivity contribution in [2.24, 2.45) is 35.5 Å². The Morgan fingerprint density at radius 2 is 1.93 bits per heavy atom. The van der Waals surface area contributed by atoms with Crippen molar-refractivity contribution in [1.82, 2.24) is 0 Å². The van der Waals surface area contributed by atoms with Crippen molar-refractivity contribution in [3.63, 3.8) is 0 Å². The third-order valence-electron chi connectivity index (χ3n) is 6.19. The summed E-state index contributed by atoms with van der Waals surface area (Å²) >= 11 is 0. The average molecular weight is 192 g/mol. The van der Waals surface area contributed by atoms with Crippen LogP contribution in [0.2, 0.25) is 0 Å². The van der Waals surface area contributed by atoms with Crippen LogP contribution >= 0.6 is 0 Å². The zero-order chi connectivity index (χ0) is 9.08. The molecule has 0 aromatic heterocycles. The first-order chi connectivity index (χ1) is 6.78. The van der Waals surface area contributed by atoms with E-state index in [0.29, 0.717) is 12.0 Å². The monoisotopic (exact) mass is 192 g/mol. The van der Waals surface area contributed by atoms with Gasteiger partial charge in [0.05, 0.1) is 6.10 Å². The Morgan fingerprint density at radius 1 is 1.07 bits per heavy atom. The van der Waals surface area contributed by atoms with E-state index in [1.54, 1.807) is 0 Å². The van der Waals surface area contributed by atoms with E-state index >= 15 is 0 Å². The second-order valence-corrected chi connectivity index (χ2v) is 6.28. The molecular formula is C12H16O2. The first-order valence-corrected chi connectivity index (χ1v) is 6.18. The van der Waals surface area contributed by atoms with E-state index in [-0.39, 0.29) is 0 Å². The van der Waals surface area contributed by atoms with Gasteiger partial charge in [-0.2, -0.15) is 0 Å². The molecule has 0 spiro atoms. The molecule has 14 heavy (non-hydrogen) atoms. The van der Waals surface area contributed by atoms with E-state index < -0.39 is 5.79 Å². The fourth-order valence-electron chi connectivity index (χ4n) is 6.13. The summed E-state index contributed by atoms with van der Waals surface area (Å²) in [6.07, 6.45) is 5.50. The molecular weight excluding hydrogens is 176 g/mol. The van der Waals surface area contributed by atoms with Crippen LogP contribution in [0.25, 0.3) is 0 Å². The maximum absolute atomic E-state index is 10.5. The molecule has 8 unspecified atom stereocenters. The van der Waals surface area contributed by atoms with Gasteiger partial charge in [-0.25, -0.2) is 0 Å². The van der Waals surface area contributed by atoms with Crippen molar-refractivity contribution < 1.29 is 9.84 Å². The maximum Gasteiger partial charge on any atom is 0.169 e. The van der Waals surface area contributed by atoms with Crippen LogP contribution in [-0.4, -0.2) is 17.0 Å². The summed E-state index contributed by atoms with van der Waals surface area (Å²) in [5.74, 6) is 4.12. The van der Waals surface area contributed by atoms with Gasteiger partial charge in [-0.3, -0.25) is 0 Å². The van der Waals surface area contributed by atoms with Gasteiger partial charge >= 0.3 is 0 Å². The minimum atomic E-state index is -0.672. The van der Waals surface area contributed by atoms with Gasteiger partial charge in [0.15, 0.2) is 5.79 Å². The highest BCUT2D eigenvalue weighted by Gasteiger charge is 2.75. The van der Waals surface area contributed by atoms with Crippen LogP contribution in [0.15, 0.2) is 0 Å². The predicted molar refractivity (Wildman–Crippen MR) is 49.2 cm³/mol. The maximum atomic E-state index is 10.5. The molecule has 6 bridgehead atoms. The molecule has 0 amide bonds. The molecule has 2 heteroatoms. The molecule has 6 aliphatic rings. The lowest BCUT2D eigenvalue weighted by molar-refractivity contribution is -0.203. The van der Waals surface area contributed by atoms with Crippen LogP contribution < -0.4 is 0 Å².